The van der Waals surface area contributed by atoms with E-state index in [0.717, 1.165) is 29.0 Å². The van der Waals surface area contributed by atoms with Gasteiger partial charge in [0.15, 0.2) is 0 Å². The van der Waals surface area contributed by atoms with Crippen LogP contribution >= 0.6 is 0 Å². The number of nitrogens with zero attached hydrogens (tertiary/aromatic N) is 3. The number of phenolic OH excluding ortho intramolecular Hbond substituents is 1. The minimum atomic E-state index is 0.228. The van der Waals surface area contributed by atoms with Crippen molar-refractivity contribution in [2.45, 2.75) is 40.2 Å². The maximum atomic E-state index is 10.1. The number of aryl methyl sites for hydroxylation is 2. The monoisotopic (exact) mass is 371 g/mol. The number of rotatable bonds is 4. The third kappa shape index (κ3) is 3.05. The van der Waals surface area contributed by atoms with E-state index < -0.39 is 0 Å². The number of benzene rings is 3. The van der Waals surface area contributed by atoms with Crippen LogP contribution in [0.3, 0.4) is 0 Å². The summed E-state index contributed by atoms with van der Waals surface area (Å²) < 4.78 is 2.32. The summed E-state index contributed by atoms with van der Waals surface area (Å²) >= 11 is 0. The fourth-order valence-corrected chi connectivity index (χ4v) is 3.82. The number of para-hydroxylation sites is 1. The number of phenols is 1. The maximum Gasteiger partial charge on any atom is 0.119 e. The minimum Gasteiger partial charge on any atom is -0.508 e. The molecule has 0 unspecified atom stereocenters. The third-order valence-corrected chi connectivity index (χ3v) is 5.31. The van der Waals surface area contributed by atoms with Gasteiger partial charge in [-0.05, 0) is 67.3 Å². The molecule has 4 aromatic rings. The largest absolute Gasteiger partial charge is 0.508 e. The van der Waals surface area contributed by atoms with Crippen molar-refractivity contribution in [1.82, 2.24) is 4.57 Å². The Labute approximate surface area is 165 Å². The van der Waals surface area contributed by atoms with Gasteiger partial charge in [-0.15, -0.1) is 0 Å². The highest BCUT2D eigenvalue weighted by molar-refractivity contribution is 6.08. The average molecular weight is 371 g/mol. The van der Waals surface area contributed by atoms with Crippen LogP contribution in [-0.2, 0) is 6.54 Å². The highest BCUT2D eigenvalue weighted by Crippen LogP contribution is 2.35. The van der Waals surface area contributed by atoms with E-state index in [2.05, 4.69) is 72.0 Å². The summed E-state index contributed by atoms with van der Waals surface area (Å²) in [6, 6.07) is 18.4. The average Bonchev–Trinajstić information content (AvgIpc) is 3.00. The quantitative estimate of drug-likeness (QED) is 0.374. The summed E-state index contributed by atoms with van der Waals surface area (Å²) in [5, 5.41) is 21.5. The zero-order chi connectivity index (χ0) is 19.8. The lowest BCUT2D eigenvalue weighted by Gasteiger charge is -2.10. The van der Waals surface area contributed by atoms with E-state index >= 15 is 0 Å². The maximum absolute atomic E-state index is 10.1. The molecule has 4 nitrogen and oxygen atoms in total. The Kier molecular flexibility index (Phi) is 4.63. The van der Waals surface area contributed by atoms with E-state index in [-0.39, 0.29) is 5.92 Å². The van der Waals surface area contributed by atoms with Gasteiger partial charge >= 0.3 is 0 Å². The van der Waals surface area contributed by atoms with Gasteiger partial charge in [-0.1, -0.05) is 32.0 Å². The summed E-state index contributed by atoms with van der Waals surface area (Å²) in [7, 11) is 0. The van der Waals surface area contributed by atoms with Crippen LogP contribution in [0.15, 0.2) is 64.8 Å². The predicted molar refractivity (Wildman–Crippen MR) is 116 cm³/mol. The highest BCUT2D eigenvalue weighted by atomic mass is 16.3. The van der Waals surface area contributed by atoms with E-state index in [0.29, 0.717) is 5.75 Å². The Morgan fingerprint density at radius 1 is 0.929 bits per heavy atom. The molecule has 0 aliphatic carbocycles. The van der Waals surface area contributed by atoms with E-state index in [1.807, 2.05) is 19.1 Å². The van der Waals surface area contributed by atoms with Crippen molar-refractivity contribution in [1.29, 1.82) is 0 Å². The second-order valence-corrected chi connectivity index (χ2v) is 7.52. The first-order chi connectivity index (χ1) is 13.5. The molecule has 0 bridgehead atoms. The molecule has 4 rings (SSSR count). The molecule has 1 N–H and O–H groups in total. The van der Waals surface area contributed by atoms with Crippen molar-refractivity contribution in [3.8, 4) is 5.75 Å². The van der Waals surface area contributed by atoms with Crippen LogP contribution in [-0.4, -0.2) is 9.67 Å². The highest BCUT2D eigenvalue weighted by Gasteiger charge is 2.11. The van der Waals surface area contributed by atoms with Crippen LogP contribution in [0.5, 0.6) is 5.75 Å². The van der Waals surface area contributed by atoms with Crippen molar-refractivity contribution in [2.24, 2.45) is 10.2 Å². The number of aromatic hydroxyl groups is 1. The van der Waals surface area contributed by atoms with Gasteiger partial charge < -0.3 is 9.67 Å². The third-order valence-electron chi connectivity index (χ3n) is 5.31. The summed E-state index contributed by atoms with van der Waals surface area (Å²) in [4.78, 5) is 0. The molecule has 0 aliphatic rings. The van der Waals surface area contributed by atoms with Gasteiger partial charge in [0.05, 0.1) is 11.4 Å². The van der Waals surface area contributed by atoms with Crippen LogP contribution in [0.1, 0.15) is 37.8 Å². The van der Waals surface area contributed by atoms with Gasteiger partial charge in [-0.3, -0.25) is 0 Å². The van der Waals surface area contributed by atoms with Crippen molar-refractivity contribution in [2.75, 3.05) is 0 Å². The molecule has 1 aromatic heterocycles. The standard InChI is InChI=1S/C24H25N3O/c1-5-27-22-9-7-6-8-18(22)20-13-17(10-11-23(20)27)25-26-21-14-19(15(2)3)24(28)12-16(21)4/h6-15,28H,5H2,1-4H3. The molecular weight excluding hydrogens is 346 g/mol. The number of aromatic nitrogens is 1. The molecule has 0 radical (unpaired) electrons. The first kappa shape index (κ1) is 18.2. The molecule has 4 heteroatoms. The minimum absolute atomic E-state index is 0.228. The number of hydrogen-bond acceptors (Lipinski definition) is 3. The van der Waals surface area contributed by atoms with Gasteiger partial charge in [-0.2, -0.15) is 10.2 Å². The van der Waals surface area contributed by atoms with Gasteiger partial charge in [0, 0.05) is 28.4 Å². The van der Waals surface area contributed by atoms with Crippen LogP contribution in [0.4, 0.5) is 11.4 Å². The smallest absolute Gasteiger partial charge is 0.119 e. The number of azo groups is 1. The summed E-state index contributed by atoms with van der Waals surface area (Å²) in [6.45, 7) is 9.15. The Morgan fingerprint density at radius 3 is 2.43 bits per heavy atom. The molecule has 0 amide bonds. The summed E-state index contributed by atoms with van der Waals surface area (Å²) in [6.07, 6.45) is 0. The molecule has 28 heavy (non-hydrogen) atoms. The Bertz CT molecular complexity index is 1200. The molecule has 0 atom stereocenters. The Balaban J connectivity index is 1.79. The Hall–Kier alpha value is -3.14. The zero-order valence-corrected chi connectivity index (χ0v) is 16.8. The first-order valence-corrected chi connectivity index (χ1v) is 9.75. The lowest BCUT2D eigenvalue weighted by Crippen LogP contribution is -1.92. The molecule has 0 spiro atoms. The van der Waals surface area contributed by atoms with Crippen molar-refractivity contribution < 1.29 is 5.11 Å². The number of fused-ring (bicyclic) bond motifs is 3. The van der Waals surface area contributed by atoms with Gasteiger partial charge in [0.2, 0.25) is 0 Å². The van der Waals surface area contributed by atoms with Crippen molar-refractivity contribution >= 4 is 33.2 Å². The first-order valence-electron chi connectivity index (χ1n) is 9.75. The fourth-order valence-electron chi connectivity index (χ4n) is 3.82. The lowest BCUT2D eigenvalue weighted by molar-refractivity contribution is 0.464. The van der Waals surface area contributed by atoms with E-state index in [4.69, 9.17) is 0 Å². The van der Waals surface area contributed by atoms with Gasteiger partial charge in [-0.25, -0.2) is 0 Å². The lowest BCUT2D eigenvalue weighted by atomic mass is 9.99. The second kappa shape index (κ2) is 7.12. The van der Waals surface area contributed by atoms with Gasteiger partial charge in [0.1, 0.15) is 5.75 Å². The second-order valence-electron chi connectivity index (χ2n) is 7.52. The molecule has 0 aliphatic heterocycles. The number of hydrogen-bond donors (Lipinski definition) is 1. The molecular formula is C24H25N3O. The molecule has 1 heterocycles. The van der Waals surface area contributed by atoms with E-state index in [1.165, 1.54) is 21.8 Å². The van der Waals surface area contributed by atoms with Crippen molar-refractivity contribution in [3.63, 3.8) is 0 Å². The van der Waals surface area contributed by atoms with Gasteiger partial charge in [0.25, 0.3) is 0 Å². The van der Waals surface area contributed by atoms with Crippen LogP contribution in [0.2, 0.25) is 0 Å². The van der Waals surface area contributed by atoms with Crippen LogP contribution in [0.25, 0.3) is 21.8 Å². The molecule has 0 fully saturated rings. The van der Waals surface area contributed by atoms with Crippen molar-refractivity contribution in [3.05, 3.63) is 65.7 Å². The van der Waals surface area contributed by atoms with E-state index in [9.17, 15) is 5.11 Å². The summed E-state index contributed by atoms with van der Waals surface area (Å²) in [5.41, 5.74) is 5.87. The molecule has 0 saturated heterocycles. The summed E-state index contributed by atoms with van der Waals surface area (Å²) in [5.74, 6) is 0.548. The fraction of sp³-hybridized carbons (Fsp3) is 0.250. The molecule has 142 valence electrons. The zero-order valence-electron chi connectivity index (χ0n) is 16.8. The molecule has 3 aromatic carbocycles. The predicted octanol–water partition coefficient (Wildman–Crippen LogP) is 7.37. The van der Waals surface area contributed by atoms with Crippen LogP contribution in [0, 0.1) is 6.92 Å². The SMILES string of the molecule is CCn1c2ccccc2c2cc(N=Nc3cc(C(C)C)c(O)cc3C)ccc21. The van der Waals surface area contributed by atoms with Crippen LogP contribution < -0.4 is 0 Å². The molecule has 0 saturated carbocycles. The Morgan fingerprint density at radius 2 is 1.68 bits per heavy atom. The normalized spacial score (nSPS) is 12.0. The van der Waals surface area contributed by atoms with E-state index in [1.54, 1.807) is 6.07 Å². The topological polar surface area (TPSA) is 49.9 Å².